The summed E-state index contributed by atoms with van der Waals surface area (Å²) in [6.45, 7) is 0. The highest BCUT2D eigenvalue weighted by atomic mass is 35.5. The van der Waals surface area contributed by atoms with Crippen molar-refractivity contribution in [2.24, 2.45) is 0 Å². The van der Waals surface area contributed by atoms with Gasteiger partial charge in [-0.2, -0.15) is 0 Å². The van der Waals surface area contributed by atoms with Crippen LogP contribution < -0.4 is 11.2 Å². The molecule has 0 N–H and O–H groups in total. The summed E-state index contributed by atoms with van der Waals surface area (Å²) in [7, 11) is 1.11. The van der Waals surface area contributed by atoms with E-state index >= 15 is 0 Å². The van der Waals surface area contributed by atoms with Crippen molar-refractivity contribution in [3.8, 4) is 5.69 Å². The summed E-state index contributed by atoms with van der Waals surface area (Å²) in [6.07, 6.45) is 6.74. The predicted molar refractivity (Wildman–Crippen MR) is 107 cm³/mol. The number of halogens is 1. The van der Waals surface area contributed by atoms with E-state index < -0.39 is 5.56 Å². The van der Waals surface area contributed by atoms with Crippen LogP contribution in [0.5, 0.6) is 0 Å². The Balaban J connectivity index is 2.01. The molecule has 2 aromatic heterocycles. The first-order chi connectivity index (χ1) is 13.1. The van der Waals surface area contributed by atoms with Crippen LogP contribution in [0, 0.1) is 0 Å². The van der Waals surface area contributed by atoms with Gasteiger partial charge in [-0.15, -0.1) is 0 Å². The van der Waals surface area contributed by atoms with E-state index in [1.807, 2.05) is 12.1 Å². The molecule has 7 nitrogen and oxygen atoms in total. The normalized spacial score (nSPS) is 15.9. The van der Waals surface area contributed by atoms with Gasteiger partial charge in [-0.1, -0.05) is 30.9 Å². The molecule has 0 spiro atoms. The fourth-order valence-corrected chi connectivity index (χ4v) is 4.43. The second kappa shape index (κ2) is 7.58. The fraction of sp³-hybridized carbons (Fsp3) is 0.389. The van der Waals surface area contributed by atoms with Gasteiger partial charge in [-0.05, 0) is 37.1 Å². The van der Waals surface area contributed by atoms with Crippen molar-refractivity contribution < 1.29 is 4.52 Å². The zero-order valence-corrected chi connectivity index (χ0v) is 16.6. The minimum atomic E-state index is -0.394. The lowest BCUT2D eigenvalue weighted by Gasteiger charge is -2.24. The van der Waals surface area contributed by atoms with Gasteiger partial charge in [0.1, 0.15) is 15.3 Å². The van der Waals surface area contributed by atoms with Gasteiger partial charge in [0, 0.05) is 23.9 Å². The summed E-state index contributed by atoms with van der Waals surface area (Å²) in [5, 5.41) is 0.612. The number of hydrogen-bond donors (Lipinski definition) is 0. The minimum absolute atomic E-state index is 0.0517. The summed E-state index contributed by atoms with van der Waals surface area (Å²) in [5.41, 5.74) is 0.840. The lowest BCUT2D eigenvalue weighted by Crippen LogP contribution is -2.39. The van der Waals surface area contributed by atoms with E-state index in [-0.39, 0.29) is 20.7 Å². The summed E-state index contributed by atoms with van der Waals surface area (Å²) >= 11 is 5.99. The monoisotopic (exact) mass is 406 g/mol. The first kappa shape index (κ1) is 18.4. The van der Waals surface area contributed by atoms with Crippen LogP contribution in [0.2, 0.25) is 5.02 Å². The quantitative estimate of drug-likeness (QED) is 0.622. The van der Waals surface area contributed by atoms with E-state index in [1.165, 1.54) is 17.9 Å². The van der Waals surface area contributed by atoms with Crippen molar-refractivity contribution in [1.29, 1.82) is 0 Å². The van der Waals surface area contributed by atoms with Crippen molar-refractivity contribution in [3.63, 3.8) is 0 Å². The number of benzene rings is 1. The van der Waals surface area contributed by atoms with Crippen LogP contribution in [0.3, 0.4) is 0 Å². The Labute approximate surface area is 162 Å². The van der Waals surface area contributed by atoms with Gasteiger partial charge in [0.25, 0.3) is 5.56 Å². The molecule has 142 valence electrons. The second-order valence-corrected chi connectivity index (χ2v) is 8.12. The van der Waals surface area contributed by atoms with Crippen LogP contribution in [-0.2, 0) is 4.52 Å². The topological polar surface area (TPSA) is 71.1 Å². The lowest BCUT2D eigenvalue weighted by molar-refractivity contribution is 0.347. The van der Waals surface area contributed by atoms with Crippen molar-refractivity contribution in [1.82, 2.24) is 18.5 Å². The molecule has 27 heavy (non-hydrogen) atoms. The van der Waals surface area contributed by atoms with Gasteiger partial charge < -0.3 is 4.52 Å². The number of fused-ring (bicyclic) bond motifs is 1. The molecule has 3 aromatic rings. The molecule has 4 rings (SSSR count). The lowest BCUT2D eigenvalue weighted by atomic mass is 9.95. The molecule has 9 heteroatoms. The molecule has 0 saturated heterocycles. The van der Waals surface area contributed by atoms with E-state index in [4.69, 9.17) is 16.1 Å². The highest BCUT2D eigenvalue weighted by Gasteiger charge is 2.25. The summed E-state index contributed by atoms with van der Waals surface area (Å²) in [6, 6.07) is 7.21. The van der Waals surface area contributed by atoms with Gasteiger partial charge in [0.05, 0.1) is 0 Å². The fourth-order valence-electron chi connectivity index (χ4n) is 3.74. The van der Waals surface area contributed by atoms with Gasteiger partial charge >= 0.3 is 5.69 Å². The smallest absolute Gasteiger partial charge is 0.338 e. The van der Waals surface area contributed by atoms with Crippen molar-refractivity contribution in [3.05, 3.63) is 56.5 Å². The first-order valence-electron chi connectivity index (χ1n) is 8.91. The number of aromatic nitrogens is 4. The van der Waals surface area contributed by atoms with E-state index in [0.717, 1.165) is 31.4 Å². The maximum Gasteiger partial charge on any atom is 0.338 e. The molecule has 1 aliphatic carbocycles. The van der Waals surface area contributed by atoms with Gasteiger partial charge in [-0.3, -0.25) is 13.9 Å². The molecular weight excluding hydrogens is 387 g/mol. The molecule has 0 radical (unpaired) electrons. The van der Waals surface area contributed by atoms with Crippen LogP contribution in [-0.4, -0.2) is 25.6 Å². The van der Waals surface area contributed by atoms with Gasteiger partial charge in [-0.25, -0.2) is 14.1 Å². The number of imidazole rings is 1. The molecule has 1 atom stereocenters. The molecule has 0 amide bonds. The van der Waals surface area contributed by atoms with E-state index in [2.05, 4.69) is 4.98 Å². The number of hydrogen-bond acceptors (Lipinski definition) is 4. The molecule has 0 aliphatic heterocycles. The third-order valence-electron chi connectivity index (χ3n) is 5.01. The summed E-state index contributed by atoms with van der Waals surface area (Å²) in [4.78, 5) is 30.6. The van der Waals surface area contributed by atoms with Crippen LogP contribution in [0.1, 0.15) is 38.1 Å². The molecule has 1 aliphatic rings. The predicted octanol–water partition coefficient (Wildman–Crippen LogP) is 3.51. The Kier molecular flexibility index (Phi) is 5.17. The first-order valence-corrected chi connectivity index (χ1v) is 10.1. The van der Waals surface area contributed by atoms with Crippen LogP contribution in [0.15, 0.2) is 40.2 Å². The van der Waals surface area contributed by atoms with Crippen molar-refractivity contribution in [2.75, 3.05) is 7.11 Å². The average molecular weight is 407 g/mol. The highest BCUT2D eigenvalue weighted by Crippen LogP contribution is 2.29. The van der Waals surface area contributed by atoms with Crippen LogP contribution in [0.25, 0.3) is 16.9 Å². The minimum Gasteiger partial charge on any atom is -0.344 e. The molecule has 1 saturated carbocycles. The van der Waals surface area contributed by atoms with Crippen LogP contribution >= 0.6 is 20.6 Å². The van der Waals surface area contributed by atoms with Gasteiger partial charge in [0.2, 0.25) is 0 Å². The number of rotatable bonds is 4. The Morgan fingerprint density at radius 1 is 1.15 bits per heavy atom. The molecule has 1 fully saturated rings. The van der Waals surface area contributed by atoms with Crippen molar-refractivity contribution in [2.45, 2.75) is 38.1 Å². The standard InChI is InChI=1S/C18H20ClN4O3P/c1-26-27-23-17(24)15-16(22(18(23)25)14-5-3-2-4-6-14)20-11-21(15)13-9-7-12(19)8-10-13/h7-11,14,27H,2-6H2,1H3. The molecular formula is C18H20ClN4O3P. The molecule has 1 unspecified atom stereocenters. The summed E-state index contributed by atoms with van der Waals surface area (Å²) < 4.78 is 9.72. The number of nitrogens with zero attached hydrogens (tertiary/aromatic N) is 4. The van der Waals surface area contributed by atoms with E-state index in [9.17, 15) is 9.59 Å². The van der Waals surface area contributed by atoms with Gasteiger partial charge in [0.15, 0.2) is 11.2 Å². The largest absolute Gasteiger partial charge is 0.344 e. The summed E-state index contributed by atoms with van der Waals surface area (Å²) in [5.74, 6) is 0. The van der Waals surface area contributed by atoms with E-state index in [1.54, 1.807) is 27.6 Å². The van der Waals surface area contributed by atoms with Crippen molar-refractivity contribution >= 4 is 31.7 Å². The highest BCUT2D eigenvalue weighted by molar-refractivity contribution is 7.30. The zero-order chi connectivity index (χ0) is 19.0. The zero-order valence-electron chi connectivity index (χ0n) is 14.9. The molecule has 1 aromatic carbocycles. The van der Waals surface area contributed by atoms with E-state index in [0.29, 0.717) is 16.2 Å². The van der Waals surface area contributed by atoms with Crippen LogP contribution in [0.4, 0.5) is 0 Å². The Morgan fingerprint density at radius 3 is 2.52 bits per heavy atom. The maximum absolute atomic E-state index is 13.1. The second-order valence-electron chi connectivity index (χ2n) is 6.64. The maximum atomic E-state index is 13.1. The average Bonchev–Trinajstić information content (AvgIpc) is 3.11. The third-order valence-corrected chi connectivity index (χ3v) is 6.02. The Hall–Kier alpha value is -1.95. The Morgan fingerprint density at radius 2 is 1.85 bits per heavy atom. The SMILES string of the molecule is COPn1c(=O)c2c(ncn2-c2ccc(Cl)cc2)n(C2CCCCC2)c1=O. The third kappa shape index (κ3) is 3.24. The molecule has 0 bridgehead atoms. The Bertz CT molecular complexity index is 1080. The molecule has 2 heterocycles.